The van der Waals surface area contributed by atoms with Crippen molar-refractivity contribution in [1.29, 1.82) is 0 Å². The monoisotopic (exact) mass is 486 g/mol. The Morgan fingerprint density at radius 3 is 2.26 bits per heavy atom. The van der Waals surface area contributed by atoms with E-state index in [1.165, 1.54) is 5.57 Å². The van der Waals surface area contributed by atoms with Crippen molar-refractivity contribution in [2.45, 2.75) is 118 Å². The molecule has 0 bridgehead atoms. The minimum Gasteiger partial charge on any atom is -0.481 e. The zero-order chi connectivity index (χ0) is 26.1. The first-order chi connectivity index (χ1) is 16.1. The van der Waals surface area contributed by atoms with Crippen molar-refractivity contribution in [1.82, 2.24) is 0 Å². The van der Waals surface area contributed by atoms with Crippen LogP contribution in [0.3, 0.4) is 0 Å². The number of carboxylic acids is 1. The number of aliphatic carboxylic acids is 1. The summed E-state index contributed by atoms with van der Waals surface area (Å²) in [6.45, 7) is 19.8. The normalized spacial score (nSPS) is 44.9. The number of hydrogen-bond acceptors (Lipinski definition) is 3. The lowest BCUT2D eigenvalue weighted by molar-refractivity contribution is -0.175. The molecule has 4 rings (SSSR count). The van der Waals surface area contributed by atoms with Crippen LogP contribution in [0.25, 0.3) is 0 Å². The molecular weight excluding hydrogens is 436 g/mol. The molecule has 0 aromatic carbocycles. The summed E-state index contributed by atoms with van der Waals surface area (Å²) >= 11 is 0. The fourth-order valence-electron chi connectivity index (χ4n) is 9.51. The summed E-state index contributed by atoms with van der Waals surface area (Å²) in [5.41, 5.74) is 3.26. The van der Waals surface area contributed by atoms with Crippen LogP contribution in [0.2, 0.25) is 0 Å². The van der Waals surface area contributed by atoms with Crippen molar-refractivity contribution in [3.05, 3.63) is 23.3 Å². The predicted octanol–water partition coefficient (Wildman–Crippen LogP) is 6.76. The number of rotatable bonds is 6. The van der Waals surface area contributed by atoms with Gasteiger partial charge in [0.05, 0.1) is 17.6 Å². The largest absolute Gasteiger partial charge is 0.481 e. The van der Waals surface area contributed by atoms with Gasteiger partial charge in [0.15, 0.2) is 0 Å². The van der Waals surface area contributed by atoms with Crippen molar-refractivity contribution < 1.29 is 20.1 Å². The van der Waals surface area contributed by atoms with Crippen LogP contribution in [0.5, 0.6) is 0 Å². The van der Waals surface area contributed by atoms with E-state index in [-0.39, 0.29) is 34.2 Å². The second-order valence-corrected chi connectivity index (χ2v) is 13.9. The molecule has 3 N–H and O–H groups in total. The highest BCUT2D eigenvalue weighted by Crippen LogP contribution is 2.72. The third kappa shape index (κ3) is 3.63. The summed E-state index contributed by atoms with van der Waals surface area (Å²) in [5, 5.41) is 32.2. The number of carbonyl (C=O) groups is 1. The molecule has 0 spiro atoms. The zero-order valence-electron chi connectivity index (χ0n) is 23.3. The maximum Gasteiger partial charge on any atom is 0.312 e. The van der Waals surface area contributed by atoms with E-state index in [4.69, 9.17) is 0 Å². The van der Waals surface area contributed by atoms with Crippen LogP contribution in [-0.2, 0) is 4.79 Å². The van der Waals surface area contributed by atoms with Crippen molar-refractivity contribution in [3.8, 4) is 0 Å². The van der Waals surface area contributed by atoms with E-state index in [1.807, 2.05) is 0 Å². The molecule has 2 fully saturated rings. The molecule has 4 nitrogen and oxygen atoms in total. The quantitative estimate of drug-likeness (QED) is 0.362. The molecule has 9 atom stereocenters. The van der Waals surface area contributed by atoms with Gasteiger partial charge in [0.2, 0.25) is 0 Å². The minimum absolute atomic E-state index is 0.0250. The topological polar surface area (TPSA) is 77.8 Å². The third-order valence-electron chi connectivity index (χ3n) is 12.4. The van der Waals surface area contributed by atoms with E-state index in [9.17, 15) is 20.1 Å². The van der Waals surface area contributed by atoms with Crippen LogP contribution in [0.4, 0.5) is 0 Å². The average Bonchev–Trinajstić information content (AvgIpc) is 3.07. The van der Waals surface area contributed by atoms with Gasteiger partial charge in [-0.3, -0.25) is 4.79 Å². The van der Waals surface area contributed by atoms with Crippen molar-refractivity contribution in [3.63, 3.8) is 0 Å². The number of carboxylic acid groups (broad SMARTS) is 1. The Balaban J connectivity index is 1.67. The van der Waals surface area contributed by atoms with Crippen molar-refractivity contribution in [2.75, 3.05) is 0 Å². The summed E-state index contributed by atoms with van der Waals surface area (Å²) < 4.78 is 0. The van der Waals surface area contributed by atoms with E-state index in [2.05, 4.69) is 48.1 Å². The summed E-state index contributed by atoms with van der Waals surface area (Å²) in [6.07, 6.45) is 7.21. The van der Waals surface area contributed by atoms with Crippen LogP contribution >= 0.6 is 0 Å². The highest BCUT2D eigenvalue weighted by Gasteiger charge is 2.65. The molecule has 198 valence electrons. The van der Waals surface area contributed by atoms with Crippen LogP contribution in [0.1, 0.15) is 106 Å². The van der Waals surface area contributed by atoms with Gasteiger partial charge in [-0.15, -0.1) is 0 Å². The second-order valence-electron chi connectivity index (χ2n) is 13.9. The molecule has 0 amide bonds. The first-order valence-corrected chi connectivity index (χ1v) is 14.1. The van der Waals surface area contributed by atoms with Gasteiger partial charge < -0.3 is 15.3 Å². The summed E-state index contributed by atoms with van der Waals surface area (Å²) in [4.78, 5) is 12.4. The molecule has 0 aliphatic heterocycles. The van der Waals surface area contributed by atoms with E-state index in [0.717, 1.165) is 50.5 Å². The molecule has 0 heterocycles. The van der Waals surface area contributed by atoms with Gasteiger partial charge in [-0.2, -0.15) is 0 Å². The van der Waals surface area contributed by atoms with Gasteiger partial charge in [0, 0.05) is 0 Å². The molecule has 35 heavy (non-hydrogen) atoms. The Hall–Kier alpha value is -1.13. The fourth-order valence-corrected chi connectivity index (χ4v) is 9.51. The van der Waals surface area contributed by atoms with Crippen LogP contribution in [0, 0.1) is 45.3 Å². The Morgan fingerprint density at radius 2 is 1.66 bits per heavy atom. The second kappa shape index (κ2) is 8.72. The molecule has 4 heteroatoms. The van der Waals surface area contributed by atoms with E-state index >= 15 is 0 Å². The molecule has 0 radical (unpaired) electrons. The molecule has 4 aliphatic carbocycles. The lowest BCUT2D eigenvalue weighted by atomic mass is 9.43. The Labute approximate surface area is 213 Å². The standard InChI is InChI=1S/C31H50O4/c1-18(2)19(3)17-24(32)20(4)21-11-15-30(7)23-9-10-25-28(5,22(23)12-16-29(21,30)6)14-13-26(33)31(25,8)27(34)35/h18,20-21,24-26,32-33H,3,9-17H2,1-2,4-8H3,(H,34,35)/t20-,21+,24+,25+,26-,28+,29+,30-,31-/m0/s1. The van der Waals surface area contributed by atoms with Gasteiger partial charge >= 0.3 is 5.97 Å². The van der Waals surface area contributed by atoms with Gasteiger partial charge in [0.25, 0.3) is 0 Å². The maximum atomic E-state index is 12.4. The summed E-state index contributed by atoms with van der Waals surface area (Å²) in [7, 11) is 0. The van der Waals surface area contributed by atoms with E-state index in [0.29, 0.717) is 24.7 Å². The lowest BCUT2D eigenvalue weighted by Crippen LogP contribution is -2.58. The Kier molecular flexibility index (Phi) is 6.71. The highest BCUT2D eigenvalue weighted by molar-refractivity contribution is 5.76. The smallest absolute Gasteiger partial charge is 0.312 e. The molecular formula is C31H50O4. The molecule has 0 aromatic rings. The highest BCUT2D eigenvalue weighted by atomic mass is 16.4. The summed E-state index contributed by atoms with van der Waals surface area (Å²) in [5.74, 6) is 0.225. The lowest BCUT2D eigenvalue weighted by Gasteiger charge is -2.61. The number of allylic oxidation sites excluding steroid dienone is 2. The minimum atomic E-state index is -1.08. The van der Waals surface area contributed by atoms with Crippen LogP contribution < -0.4 is 0 Å². The van der Waals surface area contributed by atoms with Gasteiger partial charge in [0.1, 0.15) is 0 Å². The fraction of sp³-hybridized carbons (Fsp3) is 0.839. The molecule has 2 saturated carbocycles. The molecule has 0 unspecified atom stereocenters. The van der Waals surface area contributed by atoms with E-state index in [1.54, 1.807) is 12.5 Å². The van der Waals surface area contributed by atoms with Gasteiger partial charge in [-0.25, -0.2) is 0 Å². The number of fused-ring (bicyclic) bond motifs is 4. The Bertz CT molecular complexity index is 919. The molecule has 4 aliphatic rings. The van der Waals surface area contributed by atoms with Crippen molar-refractivity contribution in [2.24, 2.45) is 45.3 Å². The predicted molar refractivity (Wildman–Crippen MR) is 141 cm³/mol. The molecule has 0 saturated heterocycles. The first-order valence-electron chi connectivity index (χ1n) is 14.1. The number of aliphatic hydroxyl groups is 2. The number of hydrogen-bond donors (Lipinski definition) is 3. The molecule has 0 aromatic heterocycles. The average molecular weight is 487 g/mol. The first kappa shape index (κ1) is 26.9. The summed E-state index contributed by atoms with van der Waals surface area (Å²) in [6, 6.07) is 0. The Morgan fingerprint density at radius 1 is 1.00 bits per heavy atom. The SMILES string of the molecule is C=C(C[C@@H](O)[C@@H](C)[C@H]1CC[C@@]2(C)C3=C(CC[C@]12C)[C@@]1(C)CC[C@H](O)[C@@](C)(C(=O)O)[C@@H]1CC3)C(C)C. The maximum absolute atomic E-state index is 12.4. The van der Waals surface area contributed by atoms with Crippen LogP contribution in [0.15, 0.2) is 23.3 Å². The zero-order valence-corrected chi connectivity index (χ0v) is 23.3. The van der Waals surface area contributed by atoms with E-state index < -0.39 is 17.5 Å². The van der Waals surface area contributed by atoms with Crippen LogP contribution in [-0.4, -0.2) is 33.5 Å². The third-order valence-corrected chi connectivity index (χ3v) is 12.4. The number of aliphatic hydroxyl groups excluding tert-OH is 2. The van der Waals surface area contributed by atoms with Gasteiger partial charge in [-0.1, -0.05) is 64.8 Å². The van der Waals surface area contributed by atoms with Gasteiger partial charge in [-0.05, 0) is 105 Å². The van der Waals surface area contributed by atoms with Crippen molar-refractivity contribution >= 4 is 5.97 Å².